The van der Waals surface area contributed by atoms with Gasteiger partial charge in [-0.05, 0) is 34.0 Å². The van der Waals surface area contributed by atoms with Crippen LogP contribution < -0.4 is 0 Å². The molecule has 0 heterocycles. The predicted molar refractivity (Wildman–Crippen MR) is 59.2 cm³/mol. The van der Waals surface area contributed by atoms with E-state index in [-0.39, 0.29) is 5.97 Å². The number of hydrogen-bond donors (Lipinski definition) is 0. The first-order chi connectivity index (χ1) is 7.19. The monoisotopic (exact) mass is 267 g/mol. The van der Waals surface area contributed by atoms with E-state index in [1.54, 1.807) is 6.07 Å². The fraction of sp³-hybridized carbons (Fsp3) is 0.273. The number of nitrogens with zero attached hydrogens (tertiary/aromatic N) is 1. The lowest BCUT2D eigenvalue weighted by Crippen LogP contribution is -2.03. The van der Waals surface area contributed by atoms with Gasteiger partial charge in [0.1, 0.15) is 6.07 Å². The van der Waals surface area contributed by atoms with Gasteiger partial charge in [-0.2, -0.15) is 5.26 Å². The van der Waals surface area contributed by atoms with Gasteiger partial charge >= 0.3 is 5.97 Å². The number of esters is 1. The first-order valence-electron chi connectivity index (χ1n) is 4.43. The second-order valence-electron chi connectivity index (χ2n) is 2.96. The van der Waals surface area contributed by atoms with Crippen LogP contribution >= 0.6 is 15.9 Å². The lowest BCUT2D eigenvalue weighted by atomic mass is 10.0. The molecule has 0 aliphatic rings. The molecule has 4 heteroatoms. The van der Waals surface area contributed by atoms with Crippen LogP contribution in [0.25, 0.3) is 0 Å². The van der Waals surface area contributed by atoms with E-state index in [1.807, 2.05) is 12.1 Å². The van der Waals surface area contributed by atoms with Crippen molar-refractivity contribution in [2.45, 2.75) is 12.8 Å². The van der Waals surface area contributed by atoms with Gasteiger partial charge in [0.05, 0.1) is 12.7 Å². The molecule has 0 fully saturated rings. The molecule has 0 aromatic heterocycles. The Labute approximate surface area is 96.8 Å². The topological polar surface area (TPSA) is 50.1 Å². The molecule has 0 bridgehead atoms. The maximum absolute atomic E-state index is 11.0. The third kappa shape index (κ3) is 3.07. The van der Waals surface area contributed by atoms with Gasteiger partial charge in [-0.15, -0.1) is 0 Å². The number of halogens is 1. The average molecular weight is 268 g/mol. The van der Waals surface area contributed by atoms with Crippen LogP contribution in [-0.2, 0) is 16.0 Å². The van der Waals surface area contributed by atoms with Gasteiger partial charge in [-0.25, -0.2) is 0 Å². The molecule has 0 spiro atoms. The van der Waals surface area contributed by atoms with Crippen molar-refractivity contribution in [3.63, 3.8) is 0 Å². The minimum Gasteiger partial charge on any atom is -0.469 e. The number of carbonyl (C=O) groups is 1. The highest BCUT2D eigenvalue weighted by molar-refractivity contribution is 9.10. The Kier molecular flexibility index (Phi) is 4.32. The van der Waals surface area contributed by atoms with Gasteiger partial charge in [0, 0.05) is 10.9 Å². The molecule has 1 rings (SSSR count). The Morgan fingerprint density at radius 3 is 2.93 bits per heavy atom. The van der Waals surface area contributed by atoms with Crippen LogP contribution in [0.3, 0.4) is 0 Å². The largest absolute Gasteiger partial charge is 0.469 e. The molecule has 0 saturated heterocycles. The fourth-order valence-corrected chi connectivity index (χ4v) is 1.74. The van der Waals surface area contributed by atoms with E-state index in [1.165, 1.54) is 7.11 Å². The van der Waals surface area contributed by atoms with E-state index in [2.05, 4.69) is 26.7 Å². The van der Waals surface area contributed by atoms with Crippen molar-refractivity contribution in [1.29, 1.82) is 5.26 Å². The lowest BCUT2D eigenvalue weighted by molar-refractivity contribution is -0.140. The zero-order chi connectivity index (χ0) is 11.3. The van der Waals surface area contributed by atoms with Crippen LogP contribution in [0, 0.1) is 11.3 Å². The number of ether oxygens (including phenoxy) is 1. The summed E-state index contributed by atoms with van der Waals surface area (Å²) in [5, 5.41) is 8.93. The Morgan fingerprint density at radius 1 is 1.60 bits per heavy atom. The molecule has 0 saturated carbocycles. The average Bonchev–Trinajstić information content (AvgIpc) is 2.25. The summed E-state index contributed by atoms with van der Waals surface area (Å²) in [4.78, 5) is 11.0. The second kappa shape index (κ2) is 5.52. The van der Waals surface area contributed by atoms with Gasteiger partial charge in [-0.3, -0.25) is 4.79 Å². The van der Waals surface area contributed by atoms with Gasteiger partial charge in [0.2, 0.25) is 0 Å². The van der Waals surface area contributed by atoms with Crippen molar-refractivity contribution >= 4 is 21.9 Å². The molecule has 0 aliphatic heterocycles. The van der Waals surface area contributed by atoms with E-state index in [4.69, 9.17) is 5.26 Å². The first-order valence-corrected chi connectivity index (χ1v) is 5.22. The first kappa shape index (κ1) is 11.7. The van der Waals surface area contributed by atoms with E-state index >= 15 is 0 Å². The third-order valence-corrected chi connectivity index (χ3v) is 2.70. The molecule has 0 atom stereocenters. The highest BCUT2D eigenvalue weighted by atomic mass is 79.9. The summed E-state index contributed by atoms with van der Waals surface area (Å²) in [6.45, 7) is 0. The van der Waals surface area contributed by atoms with E-state index < -0.39 is 0 Å². The molecule has 15 heavy (non-hydrogen) atoms. The standard InChI is InChI=1S/C11H10BrNO2/c1-15-11(14)6-5-8-3-2-4-10(12)9(8)7-13/h2-4H,5-6H2,1H3. The molecule has 1 aromatic carbocycles. The number of aryl methyl sites for hydroxylation is 1. The number of benzene rings is 1. The number of carbonyl (C=O) groups excluding carboxylic acids is 1. The SMILES string of the molecule is COC(=O)CCc1cccc(Br)c1C#N. The summed E-state index contributed by atoms with van der Waals surface area (Å²) >= 11 is 3.29. The van der Waals surface area contributed by atoms with Gasteiger partial charge in [0.25, 0.3) is 0 Å². The molecule has 0 unspecified atom stereocenters. The summed E-state index contributed by atoms with van der Waals surface area (Å²) in [6.07, 6.45) is 0.816. The highest BCUT2D eigenvalue weighted by Gasteiger charge is 2.08. The van der Waals surface area contributed by atoms with Crippen molar-refractivity contribution in [2.75, 3.05) is 7.11 Å². The Balaban J connectivity index is 2.82. The molecule has 0 aliphatic carbocycles. The van der Waals surface area contributed by atoms with Gasteiger partial charge in [0.15, 0.2) is 0 Å². The molecular weight excluding hydrogens is 258 g/mol. The molecule has 1 aromatic rings. The zero-order valence-electron chi connectivity index (χ0n) is 8.29. The highest BCUT2D eigenvalue weighted by Crippen LogP contribution is 2.20. The Hall–Kier alpha value is -1.34. The van der Waals surface area contributed by atoms with E-state index in [0.29, 0.717) is 18.4 Å². The smallest absolute Gasteiger partial charge is 0.305 e. The number of methoxy groups -OCH3 is 1. The number of hydrogen-bond acceptors (Lipinski definition) is 3. The minimum absolute atomic E-state index is 0.265. The van der Waals surface area contributed by atoms with E-state index in [9.17, 15) is 4.79 Å². The van der Waals surface area contributed by atoms with Crippen LogP contribution in [0.5, 0.6) is 0 Å². The molecule has 3 nitrogen and oxygen atoms in total. The quantitative estimate of drug-likeness (QED) is 0.791. The van der Waals surface area contributed by atoms with Gasteiger partial charge in [-0.1, -0.05) is 12.1 Å². The van der Waals surface area contributed by atoms with Crippen LogP contribution in [0.1, 0.15) is 17.5 Å². The van der Waals surface area contributed by atoms with Crippen molar-refractivity contribution in [3.8, 4) is 6.07 Å². The van der Waals surface area contributed by atoms with Crippen molar-refractivity contribution in [2.24, 2.45) is 0 Å². The summed E-state index contributed by atoms with van der Waals surface area (Å²) < 4.78 is 5.30. The van der Waals surface area contributed by atoms with Crippen LogP contribution in [0.15, 0.2) is 22.7 Å². The van der Waals surface area contributed by atoms with Gasteiger partial charge < -0.3 is 4.74 Å². The van der Waals surface area contributed by atoms with Crippen molar-refractivity contribution in [3.05, 3.63) is 33.8 Å². The minimum atomic E-state index is -0.265. The molecule has 0 amide bonds. The fourth-order valence-electron chi connectivity index (χ4n) is 1.24. The van der Waals surface area contributed by atoms with Crippen molar-refractivity contribution in [1.82, 2.24) is 0 Å². The second-order valence-corrected chi connectivity index (χ2v) is 3.82. The third-order valence-electron chi connectivity index (χ3n) is 2.04. The summed E-state index contributed by atoms with van der Waals surface area (Å²) in [5.41, 5.74) is 1.44. The molecule has 78 valence electrons. The maximum Gasteiger partial charge on any atom is 0.305 e. The van der Waals surface area contributed by atoms with Crippen molar-refractivity contribution < 1.29 is 9.53 Å². The maximum atomic E-state index is 11.0. The lowest BCUT2D eigenvalue weighted by Gasteiger charge is -2.04. The van der Waals surface area contributed by atoms with Crippen LogP contribution in [-0.4, -0.2) is 13.1 Å². The summed E-state index contributed by atoms with van der Waals surface area (Å²) in [5.74, 6) is -0.265. The van der Waals surface area contributed by atoms with Crippen LogP contribution in [0.4, 0.5) is 0 Å². The predicted octanol–water partition coefficient (Wildman–Crippen LogP) is 2.43. The zero-order valence-corrected chi connectivity index (χ0v) is 9.87. The number of nitriles is 1. The summed E-state index contributed by atoms with van der Waals surface area (Å²) in [7, 11) is 1.36. The Morgan fingerprint density at radius 2 is 2.33 bits per heavy atom. The summed E-state index contributed by atoms with van der Waals surface area (Å²) in [6, 6.07) is 7.60. The molecule has 0 N–H and O–H groups in total. The van der Waals surface area contributed by atoms with E-state index in [0.717, 1.165) is 10.0 Å². The number of rotatable bonds is 3. The normalized spacial score (nSPS) is 9.40. The molecular formula is C11H10BrNO2. The Bertz CT molecular complexity index is 410. The van der Waals surface area contributed by atoms with Crippen LogP contribution in [0.2, 0.25) is 0 Å². The molecule has 0 radical (unpaired) electrons.